The van der Waals surface area contributed by atoms with E-state index in [1.165, 1.54) is 23.7 Å². The van der Waals surface area contributed by atoms with Crippen LogP contribution in [0, 0.1) is 0 Å². The van der Waals surface area contributed by atoms with Crippen LogP contribution in [0.25, 0.3) is 16.3 Å². The van der Waals surface area contributed by atoms with Crippen molar-refractivity contribution < 1.29 is 13.2 Å². The molecule has 0 aliphatic rings. The van der Waals surface area contributed by atoms with Crippen molar-refractivity contribution in [1.29, 1.82) is 0 Å². The molecule has 5 nitrogen and oxygen atoms in total. The first-order valence-electron chi connectivity index (χ1n) is 8.54. The number of hydrogen-bond acceptors (Lipinski definition) is 4. The lowest BCUT2D eigenvalue weighted by Gasteiger charge is -2.03. The minimum atomic E-state index is -3.28. The maximum absolute atomic E-state index is 12.3. The van der Waals surface area contributed by atoms with Gasteiger partial charge in [0.2, 0.25) is 0 Å². The fourth-order valence-corrected chi connectivity index (χ4v) is 4.49. The Morgan fingerprint density at radius 1 is 1.19 bits per heavy atom. The van der Waals surface area contributed by atoms with Gasteiger partial charge < -0.3 is 4.57 Å². The molecule has 0 fully saturated rings. The van der Waals surface area contributed by atoms with Crippen LogP contribution in [0.15, 0.2) is 64.5 Å². The van der Waals surface area contributed by atoms with E-state index in [9.17, 15) is 13.2 Å². The summed E-state index contributed by atoms with van der Waals surface area (Å²) in [6, 6.07) is 14.6. The maximum Gasteiger partial charge on any atom is 0.272 e. The summed E-state index contributed by atoms with van der Waals surface area (Å²) in [5, 5.41) is 0. The lowest BCUT2D eigenvalue weighted by molar-refractivity contribution is -0.113. The largest absolute Gasteiger partial charge is 0.316 e. The number of rotatable bonds is 5. The zero-order valence-corrected chi connectivity index (χ0v) is 16.8. The molecule has 0 spiro atoms. The highest BCUT2D eigenvalue weighted by Crippen LogP contribution is 2.22. The summed E-state index contributed by atoms with van der Waals surface area (Å²) in [5.41, 5.74) is 1.81. The highest BCUT2D eigenvalue weighted by atomic mass is 32.2. The Kier molecular flexibility index (Phi) is 5.72. The molecule has 3 rings (SSSR count). The van der Waals surface area contributed by atoms with Crippen LogP contribution in [-0.2, 0) is 21.2 Å². The molecule has 0 bridgehead atoms. The lowest BCUT2D eigenvalue weighted by Crippen LogP contribution is -2.16. The van der Waals surface area contributed by atoms with Gasteiger partial charge in [-0.05, 0) is 36.3 Å². The number of aryl methyl sites for hydroxylation is 1. The van der Waals surface area contributed by atoms with Crippen molar-refractivity contribution in [1.82, 2.24) is 4.57 Å². The fourth-order valence-electron chi connectivity index (χ4n) is 2.67. The first kappa shape index (κ1) is 19.3. The zero-order valence-electron chi connectivity index (χ0n) is 15.1. The van der Waals surface area contributed by atoms with Gasteiger partial charge in [-0.3, -0.25) is 4.79 Å². The van der Waals surface area contributed by atoms with Crippen molar-refractivity contribution in [3.8, 4) is 0 Å². The van der Waals surface area contributed by atoms with Gasteiger partial charge >= 0.3 is 0 Å². The molecule has 0 aliphatic heterocycles. The van der Waals surface area contributed by atoms with Crippen LogP contribution in [0.1, 0.15) is 18.9 Å². The third-order valence-electron chi connectivity index (χ3n) is 3.95. The summed E-state index contributed by atoms with van der Waals surface area (Å²) in [6.45, 7) is 2.75. The molecule has 0 atom stereocenters. The van der Waals surface area contributed by atoms with Gasteiger partial charge in [-0.25, -0.2) is 8.42 Å². The Hall–Kier alpha value is -2.51. The number of aromatic nitrogens is 1. The standard InChI is InChI=1S/C20H20N2O3S2/c1-3-13-22-17-11-10-16(27(2,24)25)14-18(17)26-20(22)21-19(23)12-9-15-7-5-4-6-8-15/h4-12,14H,3,13H2,1-2H3. The highest BCUT2D eigenvalue weighted by Gasteiger charge is 2.12. The van der Waals surface area contributed by atoms with E-state index in [4.69, 9.17) is 0 Å². The van der Waals surface area contributed by atoms with Gasteiger partial charge in [0, 0.05) is 18.9 Å². The van der Waals surface area contributed by atoms with Crippen molar-refractivity contribution >= 4 is 43.4 Å². The summed E-state index contributed by atoms with van der Waals surface area (Å²) in [4.78, 5) is 17.4. The van der Waals surface area contributed by atoms with Crippen LogP contribution in [0.3, 0.4) is 0 Å². The van der Waals surface area contributed by atoms with Crippen LogP contribution in [0.5, 0.6) is 0 Å². The fraction of sp³-hybridized carbons (Fsp3) is 0.200. The number of carbonyl (C=O) groups is 1. The molecule has 1 aromatic heterocycles. The van der Waals surface area contributed by atoms with E-state index in [1.807, 2.05) is 41.8 Å². The molecular formula is C20H20N2O3S2. The molecule has 2 aromatic carbocycles. The first-order valence-corrected chi connectivity index (χ1v) is 11.2. The van der Waals surface area contributed by atoms with Crippen LogP contribution in [0.4, 0.5) is 0 Å². The van der Waals surface area contributed by atoms with Crippen molar-refractivity contribution in [2.24, 2.45) is 4.99 Å². The van der Waals surface area contributed by atoms with Crippen molar-refractivity contribution in [3.05, 3.63) is 65.0 Å². The average Bonchev–Trinajstić information content (AvgIpc) is 2.97. The number of sulfone groups is 1. The molecule has 3 aromatic rings. The number of nitrogens with zero attached hydrogens (tertiary/aromatic N) is 2. The number of amides is 1. The summed E-state index contributed by atoms with van der Waals surface area (Å²) >= 11 is 1.32. The third-order valence-corrected chi connectivity index (χ3v) is 6.10. The number of carbonyl (C=O) groups excluding carboxylic acids is 1. The van der Waals surface area contributed by atoms with Crippen molar-refractivity contribution in [2.75, 3.05) is 6.26 Å². The third kappa shape index (κ3) is 4.61. The zero-order chi connectivity index (χ0) is 19.4. The Balaban J connectivity index is 2.03. The summed E-state index contributed by atoms with van der Waals surface area (Å²) in [7, 11) is -3.28. The van der Waals surface area contributed by atoms with Crippen molar-refractivity contribution in [3.63, 3.8) is 0 Å². The van der Waals surface area contributed by atoms with E-state index in [-0.39, 0.29) is 10.8 Å². The second kappa shape index (κ2) is 8.02. The number of benzene rings is 2. The molecule has 1 heterocycles. The molecule has 27 heavy (non-hydrogen) atoms. The van der Waals surface area contributed by atoms with Gasteiger partial charge in [-0.2, -0.15) is 4.99 Å². The summed E-state index contributed by atoms with van der Waals surface area (Å²) in [5.74, 6) is -0.349. The highest BCUT2D eigenvalue weighted by molar-refractivity contribution is 7.90. The molecule has 0 saturated heterocycles. The predicted molar refractivity (Wildman–Crippen MR) is 109 cm³/mol. The van der Waals surface area contributed by atoms with E-state index in [0.29, 0.717) is 11.3 Å². The van der Waals surface area contributed by atoms with Gasteiger partial charge in [-0.15, -0.1) is 0 Å². The summed E-state index contributed by atoms with van der Waals surface area (Å²) in [6.07, 6.45) is 5.23. The Morgan fingerprint density at radius 2 is 1.93 bits per heavy atom. The molecule has 140 valence electrons. The van der Waals surface area contributed by atoms with E-state index in [2.05, 4.69) is 4.99 Å². The molecule has 0 aliphatic carbocycles. The second-order valence-corrected chi connectivity index (χ2v) is 9.16. The van der Waals surface area contributed by atoms with Crippen molar-refractivity contribution in [2.45, 2.75) is 24.8 Å². The minimum absolute atomic E-state index is 0.266. The number of fused-ring (bicyclic) bond motifs is 1. The van der Waals surface area contributed by atoms with Gasteiger partial charge in [0.15, 0.2) is 14.6 Å². The number of thiazole rings is 1. The minimum Gasteiger partial charge on any atom is -0.316 e. The average molecular weight is 401 g/mol. The maximum atomic E-state index is 12.3. The molecule has 0 unspecified atom stereocenters. The molecule has 0 N–H and O–H groups in total. The predicted octanol–water partition coefficient (Wildman–Crippen LogP) is 3.66. The molecule has 1 amide bonds. The second-order valence-electron chi connectivity index (χ2n) is 6.13. The molecule has 0 saturated carbocycles. The Labute approximate surface area is 162 Å². The van der Waals surface area contributed by atoms with Crippen LogP contribution in [-0.4, -0.2) is 25.1 Å². The van der Waals surface area contributed by atoms with Crippen LogP contribution >= 0.6 is 11.3 Å². The van der Waals surface area contributed by atoms with Gasteiger partial charge in [0.25, 0.3) is 5.91 Å². The summed E-state index contributed by atoms with van der Waals surface area (Å²) < 4.78 is 26.4. The van der Waals surface area contributed by atoms with E-state index < -0.39 is 9.84 Å². The molecule has 0 radical (unpaired) electrons. The van der Waals surface area contributed by atoms with Crippen LogP contribution in [0.2, 0.25) is 0 Å². The topological polar surface area (TPSA) is 68.5 Å². The smallest absolute Gasteiger partial charge is 0.272 e. The van der Waals surface area contributed by atoms with E-state index in [1.54, 1.807) is 24.3 Å². The van der Waals surface area contributed by atoms with Gasteiger partial charge in [-0.1, -0.05) is 48.6 Å². The monoisotopic (exact) mass is 400 g/mol. The first-order chi connectivity index (χ1) is 12.9. The normalized spacial score (nSPS) is 12.9. The van der Waals surface area contributed by atoms with Gasteiger partial charge in [0.1, 0.15) is 0 Å². The van der Waals surface area contributed by atoms with Crippen LogP contribution < -0.4 is 4.80 Å². The SMILES string of the molecule is CCCn1c(=NC(=O)C=Cc2ccccc2)sc2cc(S(C)(=O)=O)ccc21. The quantitative estimate of drug-likeness (QED) is 0.614. The molecule has 7 heteroatoms. The number of hydrogen-bond donors (Lipinski definition) is 0. The molecular weight excluding hydrogens is 380 g/mol. The Bertz CT molecular complexity index is 1170. The Morgan fingerprint density at radius 3 is 2.59 bits per heavy atom. The van der Waals surface area contributed by atoms with Gasteiger partial charge in [0.05, 0.1) is 15.1 Å². The van der Waals surface area contributed by atoms with E-state index in [0.717, 1.165) is 22.2 Å². The lowest BCUT2D eigenvalue weighted by atomic mass is 10.2. The van der Waals surface area contributed by atoms with E-state index >= 15 is 0 Å².